The van der Waals surface area contributed by atoms with Crippen LogP contribution < -0.4 is 10.1 Å². The highest BCUT2D eigenvalue weighted by molar-refractivity contribution is 5.98. The highest BCUT2D eigenvalue weighted by Crippen LogP contribution is 2.34. The topological polar surface area (TPSA) is 95.9 Å². The van der Waals surface area contributed by atoms with Crippen molar-refractivity contribution in [3.8, 4) is 5.75 Å². The van der Waals surface area contributed by atoms with Crippen molar-refractivity contribution >= 4 is 17.8 Å². The van der Waals surface area contributed by atoms with Gasteiger partial charge in [-0.15, -0.1) is 0 Å². The third kappa shape index (κ3) is 2.99. The molecule has 2 heterocycles. The van der Waals surface area contributed by atoms with Crippen LogP contribution in [0.4, 0.5) is 0 Å². The monoisotopic (exact) mass is 318 g/mol. The van der Waals surface area contributed by atoms with Crippen molar-refractivity contribution in [2.24, 2.45) is 0 Å². The highest BCUT2D eigenvalue weighted by atomic mass is 16.5. The predicted molar refractivity (Wildman–Crippen MR) is 80.1 cm³/mol. The van der Waals surface area contributed by atoms with E-state index in [4.69, 9.17) is 9.84 Å². The number of rotatable bonds is 2. The number of amides is 2. The summed E-state index contributed by atoms with van der Waals surface area (Å²) in [6.45, 7) is 1.79. The first-order chi connectivity index (χ1) is 10.9. The zero-order valence-electron chi connectivity index (χ0n) is 12.8. The van der Waals surface area contributed by atoms with Crippen LogP contribution in [0, 0.1) is 6.92 Å². The normalized spacial score (nSPS) is 23.8. The molecule has 7 heteroatoms. The van der Waals surface area contributed by atoms with Crippen LogP contribution in [0.5, 0.6) is 5.75 Å². The van der Waals surface area contributed by atoms with Gasteiger partial charge in [-0.3, -0.25) is 14.4 Å². The summed E-state index contributed by atoms with van der Waals surface area (Å²) in [4.78, 5) is 36.6. The van der Waals surface area contributed by atoms with Gasteiger partial charge >= 0.3 is 5.97 Å². The number of likely N-dealkylation sites (tertiary alicyclic amines) is 1. The van der Waals surface area contributed by atoms with Gasteiger partial charge in [0.05, 0.1) is 5.56 Å². The first-order valence-corrected chi connectivity index (χ1v) is 7.50. The summed E-state index contributed by atoms with van der Waals surface area (Å²) >= 11 is 0. The Morgan fingerprint density at radius 2 is 2.17 bits per heavy atom. The molecule has 1 aromatic carbocycles. The molecule has 0 radical (unpaired) electrons. The minimum absolute atomic E-state index is 0.134. The number of carbonyl (C=O) groups excluding carboxylic acids is 2. The molecular formula is C16H18N2O5. The molecule has 0 aliphatic carbocycles. The second-order valence-electron chi connectivity index (χ2n) is 6.01. The number of carboxylic acid groups (broad SMARTS) is 1. The van der Waals surface area contributed by atoms with Gasteiger partial charge in [-0.1, -0.05) is 11.6 Å². The third-order valence-corrected chi connectivity index (χ3v) is 4.23. The Hall–Kier alpha value is -2.57. The molecule has 1 spiro atoms. The molecule has 1 fully saturated rings. The number of aliphatic carboxylic acids is 1. The Labute approximate surface area is 133 Å². The minimum atomic E-state index is -1.05. The van der Waals surface area contributed by atoms with Crippen molar-refractivity contribution in [2.75, 3.05) is 13.1 Å². The zero-order chi connectivity index (χ0) is 16.6. The van der Waals surface area contributed by atoms with Gasteiger partial charge in [-0.2, -0.15) is 0 Å². The van der Waals surface area contributed by atoms with E-state index in [-0.39, 0.29) is 31.3 Å². The van der Waals surface area contributed by atoms with Crippen molar-refractivity contribution in [2.45, 2.75) is 31.9 Å². The van der Waals surface area contributed by atoms with Crippen molar-refractivity contribution in [1.82, 2.24) is 10.2 Å². The maximum absolute atomic E-state index is 12.4. The number of nitrogens with zero attached hydrogens (tertiary/aromatic N) is 1. The van der Waals surface area contributed by atoms with E-state index in [1.54, 1.807) is 12.1 Å². The Bertz CT molecular complexity index is 687. The van der Waals surface area contributed by atoms with Gasteiger partial charge in [0.2, 0.25) is 5.91 Å². The lowest BCUT2D eigenvalue weighted by Crippen LogP contribution is -2.56. The van der Waals surface area contributed by atoms with Crippen LogP contribution in [0.25, 0.3) is 0 Å². The van der Waals surface area contributed by atoms with Crippen LogP contribution in [0.1, 0.15) is 35.2 Å². The third-order valence-electron chi connectivity index (χ3n) is 4.23. The lowest BCUT2D eigenvalue weighted by molar-refractivity contribution is -0.144. The van der Waals surface area contributed by atoms with Gasteiger partial charge in [-0.25, -0.2) is 0 Å². The van der Waals surface area contributed by atoms with E-state index in [2.05, 4.69) is 5.32 Å². The second-order valence-corrected chi connectivity index (χ2v) is 6.01. The van der Waals surface area contributed by atoms with E-state index < -0.39 is 11.7 Å². The molecule has 0 saturated carbocycles. The molecule has 1 unspecified atom stereocenters. The maximum Gasteiger partial charge on any atom is 0.323 e. The fraction of sp³-hybridized carbons (Fsp3) is 0.438. The van der Waals surface area contributed by atoms with Crippen LogP contribution in [0.15, 0.2) is 18.2 Å². The summed E-state index contributed by atoms with van der Waals surface area (Å²) in [5.74, 6) is -1.02. The molecule has 2 aliphatic rings. The zero-order valence-corrected chi connectivity index (χ0v) is 12.8. The summed E-state index contributed by atoms with van der Waals surface area (Å²) in [6.07, 6.45) is 0.806. The summed E-state index contributed by atoms with van der Waals surface area (Å²) in [6, 6.07) is 5.38. The SMILES string of the molecule is Cc1ccc2c(c1)C(=O)NC1(CCC(=O)N(CC(=O)O)CC1)O2. The van der Waals surface area contributed by atoms with Crippen LogP contribution in [0.2, 0.25) is 0 Å². The van der Waals surface area contributed by atoms with Crippen LogP contribution in [-0.2, 0) is 9.59 Å². The van der Waals surface area contributed by atoms with Crippen molar-refractivity contribution in [3.63, 3.8) is 0 Å². The van der Waals surface area contributed by atoms with Gasteiger partial charge in [0, 0.05) is 25.8 Å². The molecule has 3 rings (SSSR count). The molecule has 0 bridgehead atoms. The first-order valence-electron chi connectivity index (χ1n) is 7.50. The van der Waals surface area contributed by atoms with Crippen LogP contribution in [0.3, 0.4) is 0 Å². The van der Waals surface area contributed by atoms with Crippen molar-refractivity contribution in [1.29, 1.82) is 0 Å². The average Bonchev–Trinajstić information content (AvgIpc) is 2.62. The van der Waals surface area contributed by atoms with Crippen LogP contribution in [-0.4, -0.2) is 46.6 Å². The summed E-state index contributed by atoms with van der Waals surface area (Å²) in [5, 5.41) is 11.7. The number of fused-ring (bicyclic) bond motifs is 1. The Morgan fingerprint density at radius 3 is 2.91 bits per heavy atom. The number of carboxylic acids is 1. The Kier molecular flexibility index (Phi) is 3.71. The van der Waals surface area contributed by atoms with E-state index in [0.717, 1.165) is 5.56 Å². The highest BCUT2D eigenvalue weighted by Gasteiger charge is 2.42. The Morgan fingerprint density at radius 1 is 1.39 bits per heavy atom. The lowest BCUT2D eigenvalue weighted by Gasteiger charge is -2.38. The largest absolute Gasteiger partial charge is 0.480 e. The summed E-state index contributed by atoms with van der Waals surface area (Å²) in [5.41, 5.74) is 0.484. The predicted octanol–water partition coefficient (Wildman–Crippen LogP) is 0.911. The molecule has 0 aromatic heterocycles. The van der Waals surface area contributed by atoms with E-state index >= 15 is 0 Å². The number of hydrogen-bond acceptors (Lipinski definition) is 4. The average molecular weight is 318 g/mol. The van der Waals surface area contributed by atoms with Gasteiger partial charge in [0.25, 0.3) is 5.91 Å². The number of hydrogen-bond donors (Lipinski definition) is 2. The number of nitrogens with one attached hydrogen (secondary N) is 1. The van der Waals surface area contributed by atoms with Crippen LogP contribution >= 0.6 is 0 Å². The van der Waals surface area contributed by atoms with Gasteiger partial charge in [0.1, 0.15) is 12.3 Å². The van der Waals surface area contributed by atoms with E-state index in [1.807, 2.05) is 13.0 Å². The first kappa shape index (κ1) is 15.3. The summed E-state index contributed by atoms with van der Waals surface area (Å²) in [7, 11) is 0. The number of carbonyl (C=O) groups is 3. The fourth-order valence-electron chi connectivity index (χ4n) is 3.01. The lowest BCUT2D eigenvalue weighted by atomic mass is 9.99. The molecular weight excluding hydrogens is 300 g/mol. The Balaban J connectivity index is 1.83. The van der Waals surface area contributed by atoms with Gasteiger partial charge in [0.15, 0.2) is 5.72 Å². The smallest absolute Gasteiger partial charge is 0.323 e. The van der Waals surface area contributed by atoms with Gasteiger partial charge < -0.3 is 20.1 Å². The number of aryl methyl sites for hydroxylation is 1. The molecule has 2 aliphatic heterocycles. The van der Waals surface area contributed by atoms with E-state index in [9.17, 15) is 14.4 Å². The van der Waals surface area contributed by atoms with Gasteiger partial charge in [-0.05, 0) is 19.1 Å². The van der Waals surface area contributed by atoms with E-state index in [1.165, 1.54) is 4.90 Å². The second kappa shape index (κ2) is 5.57. The number of ether oxygens (including phenoxy) is 1. The van der Waals surface area contributed by atoms with E-state index in [0.29, 0.717) is 24.2 Å². The molecule has 1 atom stereocenters. The molecule has 2 N–H and O–H groups in total. The molecule has 7 nitrogen and oxygen atoms in total. The number of benzene rings is 1. The molecule has 23 heavy (non-hydrogen) atoms. The van der Waals surface area contributed by atoms with Crippen molar-refractivity contribution in [3.05, 3.63) is 29.3 Å². The minimum Gasteiger partial charge on any atom is -0.480 e. The molecule has 1 saturated heterocycles. The molecule has 122 valence electrons. The molecule has 2 amide bonds. The molecule has 1 aromatic rings. The van der Waals surface area contributed by atoms with Crippen molar-refractivity contribution < 1.29 is 24.2 Å². The fourth-order valence-corrected chi connectivity index (χ4v) is 3.01. The maximum atomic E-state index is 12.4. The standard InChI is InChI=1S/C16H18N2O5/c1-10-2-3-12-11(8-10)15(22)17-16(23-12)5-4-13(19)18(7-6-16)9-14(20)21/h2-3,8H,4-7,9H2,1H3,(H,17,22)(H,20,21). The quantitative estimate of drug-likeness (QED) is 0.845. The summed E-state index contributed by atoms with van der Waals surface area (Å²) < 4.78 is 6.01.